The number of rotatable bonds is 2. The molecule has 1 aliphatic rings. The van der Waals surface area contributed by atoms with Crippen molar-refractivity contribution in [2.45, 2.75) is 26.2 Å². The van der Waals surface area contributed by atoms with E-state index in [-0.39, 0.29) is 11.5 Å². The molecule has 1 N–H and O–H groups in total. The SMILES string of the molecule is CC(=O)c1cccc(-n2c3c(c(=S)[nH]c2=O)CCC3)c1. The average molecular weight is 286 g/mol. The average Bonchev–Trinajstić information content (AvgIpc) is 2.88. The third-order valence-electron chi connectivity index (χ3n) is 3.67. The molecule has 0 fully saturated rings. The number of benzene rings is 1. The van der Waals surface area contributed by atoms with Gasteiger partial charge in [-0.2, -0.15) is 0 Å². The minimum Gasteiger partial charge on any atom is -0.298 e. The van der Waals surface area contributed by atoms with Crippen molar-refractivity contribution in [3.63, 3.8) is 0 Å². The van der Waals surface area contributed by atoms with Crippen LogP contribution in [0.25, 0.3) is 5.69 Å². The molecule has 0 unspecified atom stereocenters. The summed E-state index contributed by atoms with van der Waals surface area (Å²) in [5.41, 5.74) is 3.10. The van der Waals surface area contributed by atoms with Gasteiger partial charge in [0.05, 0.1) is 5.69 Å². The third-order valence-corrected chi connectivity index (χ3v) is 4.02. The van der Waals surface area contributed by atoms with Gasteiger partial charge in [0, 0.05) is 16.8 Å². The van der Waals surface area contributed by atoms with Gasteiger partial charge >= 0.3 is 5.69 Å². The van der Waals surface area contributed by atoms with Crippen LogP contribution in [0.1, 0.15) is 35.0 Å². The molecule has 0 saturated heterocycles. The smallest absolute Gasteiger partial charge is 0.298 e. The molecule has 1 aromatic heterocycles. The van der Waals surface area contributed by atoms with E-state index in [2.05, 4.69) is 4.98 Å². The summed E-state index contributed by atoms with van der Waals surface area (Å²) in [6.07, 6.45) is 2.74. The molecule has 1 aliphatic carbocycles. The fourth-order valence-corrected chi connectivity index (χ4v) is 3.01. The Labute approximate surface area is 121 Å². The van der Waals surface area contributed by atoms with Gasteiger partial charge in [0.1, 0.15) is 4.64 Å². The Hall–Kier alpha value is -2.01. The van der Waals surface area contributed by atoms with Crippen molar-refractivity contribution in [1.29, 1.82) is 0 Å². The standard InChI is InChI=1S/C15H14N2O2S/c1-9(18)10-4-2-5-11(8-10)17-13-7-3-6-12(13)14(20)16-15(17)19/h2,4-5,8H,3,6-7H2,1H3,(H,16,19,20). The van der Waals surface area contributed by atoms with E-state index >= 15 is 0 Å². The lowest BCUT2D eigenvalue weighted by Gasteiger charge is -2.12. The second-order valence-corrected chi connectivity index (χ2v) is 5.39. The Bertz CT molecular complexity index is 817. The Morgan fingerprint density at radius 3 is 2.90 bits per heavy atom. The number of H-pyrrole nitrogens is 1. The first-order chi connectivity index (χ1) is 9.58. The highest BCUT2D eigenvalue weighted by Crippen LogP contribution is 2.23. The van der Waals surface area contributed by atoms with E-state index in [1.165, 1.54) is 6.92 Å². The largest absolute Gasteiger partial charge is 0.331 e. The fraction of sp³-hybridized carbons (Fsp3) is 0.267. The molecule has 0 spiro atoms. The molecule has 0 saturated carbocycles. The molecule has 0 amide bonds. The molecular formula is C15H14N2O2S. The van der Waals surface area contributed by atoms with Crippen molar-refractivity contribution in [2.75, 3.05) is 0 Å². The summed E-state index contributed by atoms with van der Waals surface area (Å²) < 4.78 is 2.19. The highest BCUT2D eigenvalue weighted by molar-refractivity contribution is 7.71. The number of hydrogen-bond acceptors (Lipinski definition) is 3. The lowest BCUT2D eigenvalue weighted by atomic mass is 10.1. The molecule has 1 aromatic carbocycles. The zero-order valence-corrected chi connectivity index (χ0v) is 11.9. The van der Waals surface area contributed by atoms with Crippen LogP contribution in [0.3, 0.4) is 0 Å². The molecule has 5 heteroatoms. The van der Waals surface area contributed by atoms with E-state index in [0.29, 0.717) is 15.9 Å². The third kappa shape index (κ3) is 2.04. The summed E-state index contributed by atoms with van der Waals surface area (Å²) in [7, 11) is 0. The van der Waals surface area contributed by atoms with E-state index in [4.69, 9.17) is 12.2 Å². The van der Waals surface area contributed by atoms with Crippen molar-refractivity contribution >= 4 is 18.0 Å². The van der Waals surface area contributed by atoms with Crippen LogP contribution < -0.4 is 5.69 Å². The molecule has 4 nitrogen and oxygen atoms in total. The zero-order valence-electron chi connectivity index (χ0n) is 11.1. The number of carbonyl (C=O) groups is 1. The van der Waals surface area contributed by atoms with Crippen LogP contribution in [-0.2, 0) is 12.8 Å². The van der Waals surface area contributed by atoms with Crippen LogP contribution in [-0.4, -0.2) is 15.3 Å². The number of nitrogens with zero attached hydrogens (tertiary/aromatic N) is 1. The monoisotopic (exact) mass is 286 g/mol. The van der Waals surface area contributed by atoms with Crippen molar-refractivity contribution < 1.29 is 4.79 Å². The van der Waals surface area contributed by atoms with Gasteiger partial charge in [0.2, 0.25) is 0 Å². The quantitative estimate of drug-likeness (QED) is 0.682. The maximum Gasteiger partial charge on any atom is 0.331 e. The van der Waals surface area contributed by atoms with Crippen LogP contribution >= 0.6 is 12.2 Å². The van der Waals surface area contributed by atoms with Gasteiger partial charge in [-0.1, -0.05) is 24.4 Å². The predicted molar refractivity (Wildman–Crippen MR) is 79.3 cm³/mol. The number of ketones is 1. The van der Waals surface area contributed by atoms with E-state index < -0.39 is 0 Å². The number of Topliss-reactive ketones (excluding diaryl/α,β-unsaturated/α-hetero) is 1. The Balaban J connectivity index is 2.28. The molecule has 0 bridgehead atoms. The zero-order chi connectivity index (χ0) is 14.3. The van der Waals surface area contributed by atoms with Crippen molar-refractivity contribution in [1.82, 2.24) is 9.55 Å². The number of fused-ring (bicyclic) bond motifs is 1. The molecule has 0 aliphatic heterocycles. The summed E-state index contributed by atoms with van der Waals surface area (Å²) in [6, 6.07) is 7.13. The number of aromatic amines is 1. The Morgan fingerprint density at radius 2 is 2.15 bits per heavy atom. The van der Waals surface area contributed by atoms with Crippen LogP contribution in [0.2, 0.25) is 0 Å². The van der Waals surface area contributed by atoms with E-state index in [0.717, 1.165) is 30.5 Å². The first-order valence-corrected chi connectivity index (χ1v) is 6.97. The molecule has 3 rings (SSSR count). The summed E-state index contributed by atoms with van der Waals surface area (Å²) in [4.78, 5) is 26.5. The summed E-state index contributed by atoms with van der Waals surface area (Å²) in [5, 5.41) is 0. The van der Waals surface area contributed by atoms with Gasteiger partial charge in [-0.25, -0.2) is 4.79 Å². The van der Waals surface area contributed by atoms with Gasteiger partial charge < -0.3 is 0 Å². The predicted octanol–water partition coefficient (Wildman–Crippen LogP) is 2.59. The van der Waals surface area contributed by atoms with Crippen LogP contribution in [0, 0.1) is 4.64 Å². The molecule has 2 aromatic rings. The highest BCUT2D eigenvalue weighted by Gasteiger charge is 2.19. The number of aromatic nitrogens is 2. The lowest BCUT2D eigenvalue weighted by molar-refractivity contribution is 0.101. The number of carbonyl (C=O) groups excluding carboxylic acids is 1. The maximum absolute atomic E-state index is 12.2. The van der Waals surface area contributed by atoms with Gasteiger partial charge in [-0.15, -0.1) is 0 Å². The second-order valence-electron chi connectivity index (χ2n) is 4.98. The molecule has 102 valence electrons. The molecular weight excluding hydrogens is 272 g/mol. The molecule has 0 radical (unpaired) electrons. The molecule has 0 atom stereocenters. The number of nitrogens with one attached hydrogen (secondary N) is 1. The fourth-order valence-electron chi connectivity index (χ4n) is 2.71. The normalized spacial score (nSPS) is 13.2. The van der Waals surface area contributed by atoms with Gasteiger partial charge in [-0.3, -0.25) is 14.3 Å². The topological polar surface area (TPSA) is 54.9 Å². The molecule has 1 heterocycles. The maximum atomic E-state index is 12.2. The van der Waals surface area contributed by atoms with Gasteiger partial charge in [0.15, 0.2) is 5.78 Å². The minimum absolute atomic E-state index is 0.0135. The van der Waals surface area contributed by atoms with E-state index in [1.54, 1.807) is 22.8 Å². The summed E-state index contributed by atoms with van der Waals surface area (Å²) in [6.45, 7) is 1.52. The summed E-state index contributed by atoms with van der Waals surface area (Å²) >= 11 is 5.22. The number of hydrogen-bond donors (Lipinski definition) is 1. The van der Waals surface area contributed by atoms with E-state index in [1.807, 2.05) is 6.07 Å². The first kappa shape index (κ1) is 13.0. The Morgan fingerprint density at radius 1 is 1.35 bits per heavy atom. The van der Waals surface area contributed by atoms with Crippen molar-refractivity contribution in [3.8, 4) is 5.69 Å². The molecule has 20 heavy (non-hydrogen) atoms. The summed E-state index contributed by atoms with van der Waals surface area (Å²) in [5.74, 6) is -0.0135. The van der Waals surface area contributed by atoms with Crippen molar-refractivity contribution in [3.05, 3.63) is 56.2 Å². The first-order valence-electron chi connectivity index (χ1n) is 6.56. The van der Waals surface area contributed by atoms with Crippen LogP contribution in [0.5, 0.6) is 0 Å². The minimum atomic E-state index is -0.239. The van der Waals surface area contributed by atoms with Crippen LogP contribution in [0.4, 0.5) is 0 Å². The van der Waals surface area contributed by atoms with Gasteiger partial charge in [0.25, 0.3) is 0 Å². The Kier molecular flexibility index (Phi) is 3.14. The van der Waals surface area contributed by atoms with Crippen LogP contribution in [0.15, 0.2) is 29.1 Å². The van der Waals surface area contributed by atoms with Gasteiger partial charge in [-0.05, 0) is 38.3 Å². The van der Waals surface area contributed by atoms with E-state index in [9.17, 15) is 9.59 Å². The highest BCUT2D eigenvalue weighted by atomic mass is 32.1. The second kappa shape index (κ2) is 4.83. The van der Waals surface area contributed by atoms with Crippen molar-refractivity contribution in [2.24, 2.45) is 0 Å². The lowest BCUT2D eigenvalue weighted by Crippen LogP contribution is -2.25.